The summed E-state index contributed by atoms with van der Waals surface area (Å²) in [5.74, 6) is 0.891. The van der Waals surface area contributed by atoms with Crippen molar-refractivity contribution in [1.82, 2.24) is 4.98 Å². The second-order valence-corrected chi connectivity index (χ2v) is 16.3. The third-order valence-electron chi connectivity index (χ3n) is 10.2. The van der Waals surface area contributed by atoms with Crippen molar-refractivity contribution in [3.8, 4) is 11.3 Å². The van der Waals surface area contributed by atoms with Crippen molar-refractivity contribution in [3.63, 3.8) is 0 Å². The number of fused-ring (bicyclic) bond motifs is 3. The molecule has 1 aromatic heterocycles. The zero-order valence-electron chi connectivity index (χ0n) is 29.9. The monoisotopic (exact) mass is 841 g/mol. The number of nitrogens with zero attached hydrogens (tertiary/aromatic N) is 3. The Balaban J connectivity index is 0.000000270. The molecule has 3 aliphatic rings. The van der Waals surface area contributed by atoms with E-state index in [9.17, 15) is 0 Å². The molecule has 0 unspecified atom stereocenters. The molecule has 0 atom stereocenters. The van der Waals surface area contributed by atoms with Crippen LogP contribution in [0, 0.1) is 18.8 Å². The summed E-state index contributed by atoms with van der Waals surface area (Å²) in [6.07, 6.45) is 4.21. The summed E-state index contributed by atoms with van der Waals surface area (Å²) >= 11 is 1.91. The van der Waals surface area contributed by atoms with Gasteiger partial charge in [0.25, 0.3) is 0 Å². The van der Waals surface area contributed by atoms with Crippen molar-refractivity contribution in [1.29, 1.82) is 0 Å². The van der Waals surface area contributed by atoms with E-state index in [1.54, 1.807) is 6.20 Å². The van der Waals surface area contributed by atoms with Crippen LogP contribution in [0.3, 0.4) is 0 Å². The van der Waals surface area contributed by atoms with Gasteiger partial charge in [-0.3, -0.25) is 0 Å². The number of hydrogen-bond donors (Lipinski definition) is 0. The van der Waals surface area contributed by atoms with Gasteiger partial charge in [0.1, 0.15) is 0 Å². The fourth-order valence-electron chi connectivity index (χ4n) is 7.32. The van der Waals surface area contributed by atoms with E-state index in [-0.39, 0.29) is 30.9 Å². The van der Waals surface area contributed by atoms with Gasteiger partial charge in [0.15, 0.2) is 0 Å². The van der Waals surface area contributed by atoms with Gasteiger partial charge in [0, 0.05) is 28.2 Å². The molecular weight excluding hydrogens is 795 g/mol. The molecule has 3 heterocycles. The average Bonchev–Trinajstić information content (AvgIpc) is 3.48. The molecule has 1 aliphatic carbocycles. The van der Waals surface area contributed by atoms with E-state index < -0.39 is 0 Å². The predicted molar refractivity (Wildman–Crippen MR) is 203 cm³/mol. The van der Waals surface area contributed by atoms with Crippen LogP contribution in [0.1, 0.15) is 102 Å². The minimum Gasteiger partial charge on any atom is -0.492 e. The molecule has 0 fully saturated rings. The Labute approximate surface area is 311 Å². The molecule has 0 spiro atoms. The molecule has 5 heteroatoms. The molecule has 0 amide bonds. The van der Waals surface area contributed by atoms with E-state index in [0.717, 1.165) is 11.3 Å². The first-order valence-electron chi connectivity index (χ1n) is 17.3. The zero-order chi connectivity index (χ0) is 33.8. The smallest absolute Gasteiger partial charge is 0.492 e. The van der Waals surface area contributed by atoms with Gasteiger partial charge in [-0.1, -0.05) is 114 Å². The summed E-state index contributed by atoms with van der Waals surface area (Å²) in [6.45, 7) is 21.2. The van der Waals surface area contributed by atoms with E-state index >= 15 is 0 Å². The molecule has 0 bridgehead atoms. The van der Waals surface area contributed by atoms with Crippen LogP contribution in [0.4, 0.5) is 22.7 Å². The van der Waals surface area contributed by atoms with Crippen LogP contribution >= 0.6 is 11.8 Å². The summed E-state index contributed by atoms with van der Waals surface area (Å²) in [5, 5.41) is 0. The first-order valence-corrected chi connectivity index (χ1v) is 18.1. The second kappa shape index (κ2) is 13.7. The minimum absolute atomic E-state index is 0. The van der Waals surface area contributed by atoms with E-state index in [4.69, 9.17) is 0 Å². The fraction of sp³-hybridized carbons (Fsp3) is 0.318. The van der Waals surface area contributed by atoms with Crippen LogP contribution in [0.2, 0.25) is 0 Å². The third kappa shape index (κ3) is 6.51. The predicted octanol–water partition coefficient (Wildman–Crippen LogP) is 12.5. The van der Waals surface area contributed by atoms with Gasteiger partial charge in [-0.25, -0.2) is 0 Å². The number of benzene rings is 4. The molecule has 8 rings (SSSR count). The maximum absolute atomic E-state index is 4.22. The molecule has 4 aromatic carbocycles. The largest absolute Gasteiger partial charge is 3.00 e. The van der Waals surface area contributed by atoms with Crippen LogP contribution in [-0.4, -0.2) is 4.98 Å². The molecule has 3 nitrogen and oxygen atoms in total. The Bertz CT molecular complexity index is 1890. The maximum Gasteiger partial charge on any atom is 3.00 e. The Kier molecular flexibility index (Phi) is 9.94. The third-order valence-corrected chi connectivity index (χ3v) is 11.3. The number of hydrogen-bond acceptors (Lipinski definition) is 4. The minimum atomic E-state index is 0. The maximum atomic E-state index is 4.22. The van der Waals surface area contributed by atoms with Crippen LogP contribution in [0.5, 0.6) is 0 Å². The van der Waals surface area contributed by atoms with Crippen LogP contribution in [0.25, 0.3) is 11.3 Å². The van der Waals surface area contributed by atoms with Crippen LogP contribution in [0.15, 0.2) is 101 Å². The topological polar surface area (TPSA) is 19.4 Å². The van der Waals surface area contributed by atoms with Crippen molar-refractivity contribution in [3.05, 3.63) is 132 Å². The number of pyridine rings is 1. The van der Waals surface area contributed by atoms with Gasteiger partial charge in [-0.05, 0) is 58.7 Å². The average molecular weight is 841 g/mol. The number of anilines is 4. The standard InChI is InChI=1S/C33H38N2S.C11H8N.Ir/c1-20(2)22-11-9-12-23(21(3)4)30(22)34-19-35-27-17-24-25(33(7,8)16-15-32(24,5)6)18-29(27)36-28-14-10-13-26(34)31(28)35;1-2-6-10(7-3-1)11-8-4-5-9-12-11;/h9-14,18-21H,15-16H2,1-8H3;1-6,8-9H;/q-2;-1;+3. The molecule has 252 valence electrons. The normalized spacial score (nSPS) is 16.3. The van der Waals surface area contributed by atoms with Crippen LogP contribution < -0.4 is 9.80 Å². The first-order chi connectivity index (χ1) is 23.0. The van der Waals surface area contributed by atoms with E-state index in [1.165, 1.54) is 67.6 Å². The molecular formula is C44H46IrN3S. The Morgan fingerprint density at radius 2 is 1.45 bits per heavy atom. The summed E-state index contributed by atoms with van der Waals surface area (Å²) in [4.78, 5) is 11.8. The molecule has 0 saturated heterocycles. The molecule has 49 heavy (non-hydrogen) atoms. The Hall–Kier alpha value is -3.37. The van der Waals surface area contributed by atoms with Gasteiger partial charge >= 0.3 is 20.1 Å². The van der Waals surface area contributed by atoms with Gasteiger partial charge < -0.3 is 14.8 Å². The second-order valence-electron chi connectivity index (χ2n) is 15.2. The van der Waals surface area contributed by atoms with E-state index in [2.05, 4.69) is 131 Å². The number of para-hydroxylation sites is 2. The molecule has 0 radical (unpaired) electrons. The molecule has 0 saturated carbocycles. The molecule has 5 aromatic rings. The van der Waals surface area contributed by atoms with Crippen LogP contribution in [-0.2, 0) is 30.9 Å². The van der Waals surface area contributed by atoms with E-state index in [0.29, 0.717) is 11.8 Å². The zero-order valence-corrected chi connectivity index (χ0v) is 33.1. The quantitative estimate of drug-likeness (QED) is 0.168. The van der Waals surface area contributed by atoms with Crippen molar-refractivity contribution in [2.45, 2.75) is 101 Å². The summed E-state index contributed by atoms with van der Waals surface area (Å²) in [6, 6.07) is 36.9. The number of aromatic nitrogens is 1. The van der Waals surface area contributed by atoms with E-state index in [1.807, 2.05) is 54.2 Å². The van der Waals surface area contributed by atoms with Gasteiger partial charge in [0.05, 0.1) is 0 Å². The van der Waals surface area contributed by atoms with Crippen molar-refractivity contribution in [2.24, 2.45) is 0 Å². The fourth-order valence-corrected chi connectivity index (χ4v) is 8.43. The first kappa shape index (κ1) is 35.5. The molecule has 2 aliphatic heterocycles. The Morgan fingerprint density at radius 3 is 2.10 bits per heavy atom. The summed E-state index contributed by atoms with van der Waals surface area (Å²) in [5.41, 5.74) is 13.1. The van der Waals surface area contributed by atoms with Crippen molar-refractivity contribution < 1.29 is 20.1 Å². The van der Waals surface area contributed by atoms with Gasteiger partial charge in [0.2, 0.25) is 0 Å². The summed E-state index contributed by atoms with van der Waals surface area (Å²) < 4.78 is 0. The Morgan fingerprint density at radius 1 is 0.755 bits per heavy atom. The van der Waals surface area contributed by atoms with Gasteiger partial charge in [-0.2, -0.15) is 29.5 Å². The SMILES string of the molecule is CC(C)c1cccc(C(C)C)c1N1[CH-]N2c3[c-]c4c(cc3Sc3cccc1c32)C(C)(C)CCC4(C)C.[Ir+3].[c-]1ccccc1-c1ccccn1. The van der Waals surface area contributed by atoms with Crippen molar-refractivity contribution >= 4 is 34.5 Å². The number of rotatable bonds is 4. The summed E-state index contributed by atoms with van der Waals surface area (Å²) in [7, 11) is 0. The van der Waals surface area contributed by atoms with Gasteiger partial charge in [-0.15, -0.1) is 48.1 Å². The molecule has 0 N–H and O–H groups in total. The van der Waals surface area contributed by atoms with Crippen molar-refractivity contribution in [2.75, 3.05) is 9.80 Å².